The van der Waals surface area contributed by atoms with Gasteiger partial charge in [-0.2, -0.15) is 0 Å². The molecule has 2 aliphatic carbocycles. The fourth-order valence-electron chi connectivity index (χ4n) is 4.02. The predicted molar refractivity (Wildman–Crippen MR) is 83.9 cm³/mol. The zero-order valence-electron chi connectivity index (χ0n) is 12.8. The molecule has 0 amide bonds. The van der Waals surface area contributed by atoms with Gasteiger partial charge in [-0.1, -0.05) is 38.5 Å². The van der Waals surface area contributed by atoms with Crippen LogP contribution < -0.4 is 0 Å². The maximum absolute atomic E-state index is 12.3. The van der Waals surface area contributed by atoms with Crippen molar-refractivity contribution in [3.63, 3.8) is 0 Å². The lowest BCUT2D eigenvalue weighted by Gasteiger charge is -2.34. The minimum absolute atomic E-state index is 0.134. The third-order valence-corrected chi connectivity index (χ3v) is 6.99. The highest BCUT2D eigenvalue weighted by molar-refractivity contribution is 7.91. The summed E-state index contributed by atoms with van der Waals surface area (Å²) in [6.07, 6.45) is 13.1. The van der Waals surface area contributed by atoms with Crippen molar-refractivity contribution >= 4 is 15.9 Å². The number of fused-ring (bicyclic) bond motifs is 1. The lowest BCUT2D eigenvalue weighted by Crippen LogP contribution is -2.43. The van der Waals surface area contributed by atoms with Crippen molar-refractivity contribution in [2.45, 2.75) is 88.4 Å². The molecule has 1 heterocycles. The summed E-state index contributed by atoms with van der Waals surface area (Å²) < 4.78 is 34.6. The molecule has 0 bridgehead atoms. The van der Waals surface area contributed by atoms with Crippen LogP contribution >= 0.6 is 0 Å². The second kappa shape index (κ2) is 6.67. The number of nitrogens with zero attached hydrogens (tertiary/aromatic N) is 1. The average Bonchev–Trinajstić information content (AvgIpc) is 2.41. The van der Waals surface area contributed by atoms with Crippen LogP contribution in [-0.4, -0.2) is 25.7 Å². The largest absolute Gasteiger partial charge is 0.475 e. The number of sulfonamides is 1. The van der Waals surface area contributed by atoms with E-state index in [-0.39, 0.29) is 11.4 Å². The Balaban J connectivity index is 1.68. The SMILES string of the molecule is O=S1(=O)N=C(CC2CCCCCCC2)OC2CCCCC21. The van der Waals surface area contributed by atoms with Gasteiger partial charge in [-0.25, -0.2) is 8.42 Å². The number of hydrogen-bond acceptors (Lipinski definition) is 3. The van der Waals surface area contributed by atoms with Crippen molar-refractivity contribution in [2.75, 3.05) is 0 Å². The van der Waals surface area contributed by atoms with Crippen LogP contribution in [0.4, 0.5) is 0 Å². The maximum Gasteiger partial charge on any atom is 0.262 e. The maximum atomic E-state index is 12.3. The lowest BCUT2D eigenvalue weighted by molar-refractivity contribution is 0.133. The van der Waals surface area contributed by atoms with E-state index in [9.17, 15) is 8.42 Å². The second-order valence-corrected chi connectivity index (χ2v) is 8.71. The molecule has 0 N–H and O–H groups in total. The topological polar surface area (TPSA) is 55.7 Å². The Labute approximate surface area is 128 Å². The van der Waals surface area contributed by atoms with Gasteiger partial charge in [-0.05, 0) is 38.0 Å². The van der Waals surface area contributed by atoms with Gasteiger partial charge in [-0.3, -0.25) is 0 Å². The van der Waals surface area contributed by atoms with E-state index in [2.05, 4.69) is 4.40 Å². The second-order valence-electron chi connectivity index (χ2n) is 6.89. The highest BCUT2D eigenvalue weighted by atomic mass is 32.2. The molecule has 2 fully saturated rings. The van der Waals surface area contributed by atoms with Crippen molar-refractivity contribution < 1.29 is 13.2 Å². The molecule has 21 heavy (non-hydrogen) atoms. The predicted octanol–water partition coefficient (Wildman–Crippen LogP) is 3.81. The molecule has 0 saturated heterocycles. The third-order valence-electron chi connectivity index (χ3n) is 5.23. The van der Waals surface area contributed by atoms with Gasteiger partial charge in [0.05, 0.1) is 0 Å². The molecule has 1 aliphatic heterocycles. The Morgan fingerprint density at radius 2 is 1.52 bits per heavy atom. The molecule has 2 atom stereocenters. The Morgan fingerprint density at radius 3 is 2.29 bits per heavy atom. The summed E-state index contributed by atoms with van der Waals surface area (Å²) in [6, 6.07) is 0. The summed E-state index contributed by atoms with van der Waals surface area (Å²) in [5.41, 5.74) is 0. The zero-order valence-corrected chi connectivity index (χ0v) is 13.6. The first-order valence-electron chi connectivity index (χ1n) is 8.64. The van der Waals surface area contributed by atoms with Crippen molar-refractivity contribution in [1.82, 2.24) is 0 Å². The smallest absolute Gasteiger partial charge is 0.262 e. The number of rotatable bonds is 2. The molecule has 0 spiro atoms. The monoisotopic (exact) mass is 313 g/mol. The molecule has 2 saturated carbocycles. The van der Waals surface area contributed by atoms with Gasteiger partial charge in [0.25, 0.3) is 10.0 Å². The van der Waals surface area contributed by atoms with Crippen molar-refractivity contribution in [3.05, 3.63) is 0 Å². The molecule has 0 aromatic heterocycles. The molecule has 2 unspecified atom stereocenters. The van der Waals surface area contributed by atoms with E-state index in [0.717, 1.165) is 25.7 Å². The van der Waals surface area contributed by atoms with E-state index >= 15 is 0 Å². The first kappa shape index (κ1) is 15.3. The van der Waals surface area contributed by atoms with Gasteiger partial charge in [0.15, 0.2) is 0 Å². The lowest BCUT2D eigenvalue weighted by atomic mass is 9.89. The quantitative estimate of drug-likeness (QED) is 0.779. The van der Waals surface area contributed by atoms with Gasteiger partial charge in [-0.15, -0.1) is 4.40 Å². The Hall–Kier alpha value is -0.580. The van der Waals surface area contributed by atoms with Crippen LogP contribution in [0.5, 0.6) is 0 Å². The first-order valence-corrected chi connectivity index (χ1v) is 10.1. The van der Waals surface area contributed by atoms with Crippen LogP contribution in [0.2, 0.25) is 0 Å². The van der Waals surface area contributed by atoms with Crippen LogP contribution in [0.3, 0.4) is 0 Å². The Bertz CT molecular complexity index is 478. The molecule has 120 valence electrons. The molecule has 0 aromatic carbocycles. The van der Waals surface area contributed by atoms with Crippen LogP contribution in [0.25, 0.3) is 0 Å². The number of hydrogen-bond donors (Lipinski definition) is 0. The molecule has 3 rings (SSSR count). The summed E-state index contributed by atoms with van der Waals surface area (Å²) in [7, 11) is -3.34. The average molecular weight is 313 g/mol. The minimum atomic E-state index is -3.34. The van der Waals surface area contributed by atoms with E-state index in [1.807, 2.05) is 0 Å². The minimum Gasteiger partial charge on any atom is -0.475 e. The number of ether oxygens (including phenoxy) is 1. The van der Waals surface area contributed by atoms with Crippen molar-refractivity contribution in [2.24, 2.45) is 10.3 Å². The summed E-state index contributed by atoms with van der Waals surface area (Å²) in [4.78, 5) is 0. The van der Waals surface area contributed by atoms with Crippen molar-refractivity contribution in [3.8, 4) is 0 Å². The van der Waals surface area contributed by atoms with Crippen LogP contribution in [0.15, 0.2) is 4.40 Å². The van der Waals surface area contributed by atoms with Gasteiger partial charge >= 0.3 is 0 Å². The zero-order chi connectivity index (χ0) is 14.7. The normalized spacial score (nSPS) is 34.0. The summed E-state index contributed by atoms with van der Waals surface area (Å²) >= 11 is 0. The van der Waals surface area contributed by atoms with Crippen LogP contribution in [-0.2, 0) is 14.8 Å². The third kappa shape index (κ3) is 3.79. The van der Waals surface area contributed by atoms with Gasteiger partial charge < -0.3 is 4.74 Å². The van der Waals surface area contributed by atoms with Gasteiger partial charge in [0, 0.05) is 6.42 Å². The highest BCUT2D eigenvalue weighted by Gasteiger charge is 2.41. The Kier molecular flexibility index (Phi) is 4.87. The van der Waals surface area contributed by atoms with E-state index in [4.69, 9.17) is 4.74 Å². The van der Waals surface area contributed by atoms with E-state index < -0.39 is 10.0 Å². The fraction of sp³-hybridized carbons (Fsp3) is 0.938. The van der Waals surface area contributed by atoms with Gasteiger partial charge in [0.2, 0.25) is 5.90 Å². The molecule has 4 nitrogen and oxygen atoms in total. The summed E-state index contributed by atoms with van der Waals surface area (Å²) in [5, 5.41) is -0.382. The Morgan fingerprint density at radius 1 is 0.905 bits per heavy atom. The molecule has 5 heteroatoms. The summed E-state index contributed by atoms with van der Waals surface area (Å²) in [6.45, 7) is 0. The highest BCUT2D eigenvalue weighted by Crippen LogP contribution is 2.33. The first-order chi connectivity index (χ1) is 10.1. The van der Waals surface area contributed by atoms with E-state index in [1.54, 1.807) is 0 Å². The molecule has 0 aromatic rings. The van der Waals surface area contributed by atoms with Gasteiger partial charge in [0.1, 0.15) is 11.4 Å². The van der Waals surface area contributed by atoms with E-state index in [0.29, 0.717) is 18.2 Å². The van der Waals surface area contributed by atoms with E-state index in [1.165, 1.54) is 44.9 Å². The summed E-state index contributed by atoms with van der Waals surface area (Å²) in [5.74, 6) is 1.06. The molecular formula is C16H27NO3S. The fourth-order valence-corrected chi connectivity index (χ4v) is 5.60. The van der Waals surface area contributed by atoms with Crippen LogP contribution in [0.1, 0.15) is 77.0 Å². The molecule has 3 aliphatic rings. The van der Waals surface area contributed by atoms with Crippen LogP contribution in [0, 0.1) is 5.92 Å². The van der Waals surface area contributed by atoms with Crippen molar-refractivity contribution in [1.29, 1.82) is 0 Å². The standard InChI is InChI=1S/C16H27NO3S/c18-21(19)15-11-7-6-10-14(15)20-16(17-21)12-13-8-4-2-1-3-5-9-13/h13-15H,1-12H2. The molecule has 0 radical (unpaired) electrons. The molecular weight excluding hydrogens is 286 g/mol.